The lowest BCUT2D eigenvalue weighted by molar-refractivity contribution is -0.302. The van der Waals surface area contributed by atoms with Crippen molar-refractivity contribution in [3.8, 4) is 0 Å². The lowest BCUT2D eigenvalue weighted by Crippen LogP contribution is -2.60. The van der Waals surface area contributed by atoms with Gasteiger partial charge in [0, 0.05) is 12.8 Å². The minimum absolute atomic E-state index is 0.0224. The molecule has 7 unspecified atom stereocenters. The second-order valence-corrected chi connectivity index (χ2v) is 28.8. The molecule has 0 aromatic carbocycles. The van der Waals surface area contributed by atoms with Gasteiger partial charge in [0.15, 0.2) is 6.29 Å². The van der Waals surface area contributed by atoms with Crippen molar-refractivity contribution >= 4 is 11.9 Å². The number of aliphatic hydroxyl groups excluding tert-OH is 5. The van der Waals surface area contributed by atoms with Crippen LogP contribution in [0.15, 0.2) is 12.2 Å². The van der Waals surface area contributed by atoms with Crippen molar-refractivity contribution in [1.29, 1.82) is 0 Å². The quantitative estimate of drug-likeness (QED) is 0.0195. The van der Waals surface area contributed by atoms with E-state index in [4.69, 9.17) is 14.2 Å². The molecule has 0 bridgehead atoms. The van der Waals surface area contributed by atoms with Crippen LogP contribution < -0.4 is 5.32 Å². The molecule has 1 heterocycles. The van der Waals surface area contributed by atoms with Crippen molar-refractivity contribution in [1.82, 2.24) is 5.32 Å². The zero-order valence-corrected chi connectivity index (χ0v) is 61.1. The molecule has 92 heavy (non-hydrogen) atoms. The van der Waals surface area contributed by atoms with E-state index >= 15 is 0 Å². The molecule has 1 amide bonds. The van der Waals surface area contributed by atoms with Crippen LogP contribution in [-0.2, 0) is 23.8 Å². The van der Waals surface area contributed by atoms with Gasteiger partial charge in [0.25, 0.3) is 0 Å². The van der Waals surface area contributed by atoms with Crippen LogP contribution in [0, 0.1) is 0 Å². The molecule has 1 aliphatic heterocycles. The Hall–Kier alpha value is -1.60. The summed E-state index contributed by atoms with van der Waals surface area (Å²) >= 11 is 0. The standard InChI is InChI=1S/C81H157NO10/c1-3-5-7-9-11-13-15-16-42-46-49-53-57-61-65-69-77(86)90-70-66-62-58-54-50-47-44-41-39-37-35-33-31-29-27-25-23-21-19-17-18-20-22-24-26-28-30-32-34-36-38-40-43-45-48-52-56-60-64-68-76(85)82-73(72-91-81-80(89)79(88)78(87)75(71-83)92-81)74(84)67-63-59-55-51-14-12-10-8-6-4-2/h63,67,73-75,78-81,83-84,87-89H,3-62,64-66,68-72H2,1-2H3,(H,82,85)/b67-63+. The molecule has 0 saturated carbocycles. The second-order valence-electron chi connectivity index (χ2n) is 28.8. The van der Waals surface area contributed by atoms with Crippen molar-refractivity contribution in [2.75, 3.05) is 19.8 Å². The topological polar surface area (TPSA) is 175 Å². The highest BCUT2D eigenvalue weighted by Gasteiger charge is 2.44. The van der Waals surface area contributed by atoms with E-state index in [0.29, 0.717) is 19.4 Å². The third-order valence-electron chi connectivity index (χ3n) is 19.9. The third-order valence-corrected chi connectivity index (χ3v) is 19.9. The van der Waals surface area contributed by atoms with E-state index in [1.165, 1.54) is 353 Å². The van der Waals surface area contributed by atoms with E-state index in [9.17, 15) is 35.1 Å². The number of nitrogens with one attached hydrogen (secondary N) is 1. The van der Waals surface area contributed by atoms with Gasteiger partial charge < -0.3 is 45.1 Å². The fourth-order valence-corrected chi connectivity index (χ4v) is 13.5. The van der Waals surface area contributed by atoms with Gasteiger partial charge in [-0.05, 0) is 32.1 Å². The number of hydrogen-bond acceptors (Lipinski definition) is 10. The molecule has 1 aliphatic rings. The number of carbonyl (C=O) groups excluding carboxylic acids is 2. The third kappa shape index (κ3) is 58.5. The summed E-state index contributed by atoms with van der Waals surface area (Å²) in [6, 6.07) is -0.803. The molecule has 0 aliphatic carbocycles. The first-order chi connectivity index (χ1) is 45.2. The van der Waals surface area contributed by atoms with Crippen LogP contribution in [0.4, 0.5) is 0 Å². The van der Waals surface area contributed by atoms with Gasteiger partial charge in [-0.2, -0.15) is 0 Å². The predicted molar refractivity (Wildman–Crippen MR) is 389 cm³/mol. The minimum atomic E-state index is -1.57. The van der Waals surface area contributed by atoms with Crippen LogP contribution in [0.5, 0.6) is 0 Å². The Kier molecular flexibility index (Phi) is 67.9. The average Bonchev–Trinajstić information content (AvgIpc) is 0.959. The van der Waals surface area contributed by atoms with Gasteiger partial charge in [0.1, 0.15) is 24.4 Å². The predicted octanol–water partition coefficient (Wildman–Crippen LogP) is 22.1. The molecule has 0 radical (unpaired) electrons. The first kappa shape index (κ1) is 88.4. The Morgan fingerprint density at radius 1 is 0.391 bits per heavy atom. The zero-order valence-electron chi connectivity index (χ0n) is 61.1. The van der Waals surface area contributed by atoms with Gasteiger partial charge in [0.05, 0.1) is 32.0 Å². The summed E-state index contributed by atoms with van der Waals surface area (Å²) in [6.45, 7) is 4.39. The summed E-state index contributed by atoms with van der Waals surface area (Å²) in [4.78, 5) is 25.1. The average molecular weight is 1310 g/mol. The second kappa shape index (κ2) is 70.7. The van der Waals surface area contributed by atoms with Crippen molar-refractivity contribution in [2.24, 2.45) is 0 Å². The van der Waals surface area contributed by atoms with Gasteiger partial charge in [-0.25, -0.2) is 0 Å². The van der Waals surface area contributed by atoms with Crippen LogP contribution in [0.25, 0.3) is 0 Å². The summed E-state index contributed by atoms with van der Waals surface area (Å²) in [5.41, 5.74) is 0. The van der Waals surface area contributed by atoms with Crippen molar-refractivity contribution in [3.05, 3.63) is 12.2 Å². The normalized spacial score (nSPS) is 17.5. The molecule has 546 valence electrons. The fourth-order valence-electron chi connectivity index (χ4n) is 13.5. The lowest BCUT2D eigenvalue weighted by atomic mass is 9.99. The van der Waals surface area contributed by atoms with E-state index < -0.39 is 49.5 Å². The summed E-state index contributed by atoms with van der Waals surface area (Å²) in [5.74, 6) is -0.152. The number of rotatable bonds is 74. The number of aliphatic hydroxyl groups is 5. The van der Waals surface area contributed by atoms with E-state index in [2.05, 4.69) is 19.2 Å². The molecule has 0 aromatic heterocycles. The van der Waals surface area contributed by atoms with E-state index in [0.717, 1.165) is 51.4 Å². The van der Waals surface area contributed by atoms with Crippen LogP contribution in [0.1, 0.15) is 431 Å². The Morgan fingerprint density at radius 3 is 1.01 bits per heavy atom. The van der Waals surface area contributed by atoms with Gasteiger partial charge in [-0.15, -0.1) is 0 Å². The highest BCUT2D eigenvalue weighted by molar-refractivity contribution is 5.76. The minimum Gasteiger partial charge on any atom is -0.466 e. The number of amides is 1. The fraction of sp³-hybridized carbons (Fsp3) is 0.951. The first-order valence-electron chi connectivity index (χ1n) is 41.0. The van der Waals surface area contributed by atoms with Gasteiger partial charge in [0.2, 0.25) is 5.91 Å². The number of hydrogen-bond donors (Lipinski definition) is 6. The number of unbranched alkanes of at least 4 members (excludes halogenated alkanes) is 60. The summed E-state index contributed by atoms with van der Waals surface area (Å²) in [6.07, 6.45) is 79.9. The lowest BCUT2D eigenvalue weighted by Gasteiger charge is -2.40. The molecule has 6 N–H and O–H groups in total. The van der Waals surface area contributed by atoms with Crippen molar-refractivity contribution in [3.63, 3.8) is 0 Å². The Bertz CT molecular complexity index is 1530. The summed E-state index contributed by atoms with van der Waals surface area (Å²) in [5, 5.41) is 54.4. The highest BCUT2D eigenvalue weighted by Crippen LogP contribution is 2.24. The molecule has 7 atom stereocenters. The van der Waals surface area contributed by atoms with Crippen molar-refractivity contribution < 1.29 is 49.3 Å². The SMILES string of the molecule is CCCCCCCCCC/C=C/C(O)C(COC1OC(CO)C(O)C(O)C1O)NC(=O)CCCCCCCCCCCCCCCCCCCCCCCCCCCCCCCCCCCCCCCCCOC(=O)CCCCCCCCCCCCCCCCC. The molecule has 1 saturated heterocycles. The Morgan fingerprint density at radius 2 is 0.685 bits per heavy atom. The Balaban J connectivity index is 1.83. The summed E-state index contributed by atoms with van der Waals surface area (Å²) in [7, 11) is 0. The molecule has 1 fully saturated rings. The van der Waals surface area contributed by atoms with Crippen LogP contribution in [-0.4, -0.2) is 100 Å². The molecular weight excluding hydrogens is 1150 g/mol. The van der Waals surface area contributed by atoms with E-state index in [1.54, 1.807) is 6.08 Å². The largest absolute Gasteiger partial charge is 0.466 e. The van der Waals surface area contributed by atoms with Gasteiger partial charge in [-0.3, -0.25) is 9.59 Å². The first-order valence-corrected chi connectivity index (χ1v) is 41.0. The maximum Gasteiger partial charge on any atom is 0.305 e. The number of ether oxygens (including phenoxy) is 3. The Labute approximate surface area is 569 Å². The molecule has 11 nitrogen and oxygen atoms in total. The van der Waals surface area contributed by atoms with Crippen LogP contribution in [0.3, 0.4) is 0 Å². The molecular formula is C81H157NO10. The molecule has 0 aromatic rings. The maximum absolute atomic E-state index is 13.0. The van der Waals surface area contributed by atoms with Gasteiger partial charge >= 0.3 is 5.97 Å². The van der Waals surface area contributed by atoms with Crippen LogP contribution >= 0.6 is 0 Å². The smallest absolute Gasteiger partial charge is 0.305 e. The molecule has 11 heteroatoms. The van der Waals surface area contributed by atoms with Crippen molar-refractivity contribution in [2.45, 2.75) is 474 Å². The number of esters is 1. The zero-order chi connectivity index (χ0) is 66.5. The monoisotopic (exact) mass is 1300 g/mol. The highest BCUT2D eigenvalue weighted by atomic mass is 16.7. The van der Waals surface area contributed by atoms with E-state index in [1.807, 2.05) is 6.08 Å². The summed E-state index contributed by atoms with van der Waals surface area (Å²) < 4.78 is 16.8. The molecule has 1 rings (SSSR count). The number of carbonyl (C=O) groups is 2. The number of allylic oxidation sites excluding steroid dienone is 1. The van der Waals surface area contributed by atoms with E-state index in [-0.39, 0.29) is 18.5 Å². The maximum atomic E-state index is 13.0. The molecule has 0 spiro atoms. The van der Waals surface area contributed by atoms with Crippen LogP contribution in [0.2, 0.25) is 0 Å². The van der Waals surface area contributed by atoms with Gasteiger partial charge in [-0.1, -0.05) is 398 Å².